The van der Waals surface area contributed by atoms with Crippen molar-refractivity contribution in [3.63, 3.8) is 0 Å². The zero-order chi connectivity index (χ0) is 17.2. The highest BCUT2D eigenvalue weighted by molar-refractivity contribution is 5.06. The van der Waals surface area contributed by atoms with E-state index in [9.17, 15) is 0 Å². The van der Waals surface area contributed by atoms with Crippen LogP contribution in [0.15, 0.2) is 16.5 Å². The van der Waals surface area contributed by atoms with Gasteiger partial charge in [-0.3, -0.25) is 4.90 Å². The summed E-state index contributed by atoms with van der Waals surface area (Å²) in [6.07, 6.45) is 2.51. The number of aryl methyl sites for hydroxylation is 1. The first-order valence-electron chi connectivity index (χ1n) is 9.19. The van der Waals surface area contributed by atoms with E-state index in [0.717, 1.165) is 57.1 Å². The number of likely N-dealkylation sites (N-methyl/N-ethyl adjacent to an activating group) is 1. The summed E-state index contributed by atoms with van der Waals surface area (Å²) in [5.74, 6) is 2.00. The molecule has 0 bridgehead atoms. The molecule has 5 heteroatoms. The molecule has 0 radical (unpaired) electrons. The number of rotatable bonds is 5. The molecule has 0 saturated carbocycles. The Morgan fingerprint density at radius 1 is 1.38 bits per heavy atom. The maximum Gasteiger partial charge on any atom is 0.118 e. The molecule has 2 aliphatic rings. The van der Waals surface area contributed by atoms with Crippen molar-refractivity contribution >= 4 is 0 Å². The molecule has 0 aromatic carbocycles. The molecule has 1 spiro atoms. The summed E-state index contributed by atoms with van der Waals surface area (Å²) in [5.41, 5.74) is -0.152. The maximum absolute atomic E-state index is 6.52. The molecule has 2 fully saturated rings. The van der Waals surface area contributed by atoms with Crippen LogP contribution in [0.25, 0.3) is 0 Å². The molecule has 2 atom stereocenters. The number of nitrogens with zero attached hydrogens (tertiary/aromatic N) is 2. The summed E-state index contributed by atoms with van der Waals surface area (Å²) in [6, 6.07) is 4.65. The van der Waals surface area contributed by atoms with Gasteiger partial charge in [0.25, 0.3) is 0 Å². The van der Waals surface area contributed by atoms with Gasteiger partial charge >= 0.3 is 0 Å². The van der Waals surface area contributed by atoms with Crippen molar-refractivity contribution in [3.05, 3.63) is 23.7 Å². The van der Waals surface area contributed by atoms with Crippen molar-refractivity contribution in [3.8, 4) is 0 Å². The summed E-state index contributed by atoms with van der Waals surface area (Å²) >= 11 is 0. The fourth-order valence-corrected chi connectivity index (χ4v) is 3.69. The molecule has 3 heterocycles. The van der Waals surface area contributed by atoms with Crippen LogP contribution in [-0.4, -0.2) is 67.4 Å². The van der Waals surface area contributed by atoms with Gasteiger partial charge in [-0.25, -0.2) is 0 Å². The van der Waals surface area contributed by atoms with Crippen molar-refractivity contribution in [2.75, 3.05) is 39.9 Å². The van der Waals surface area contributed by atoms with Crippen molar-refractivity contribution in [1.29, 1.82) is 0 Å². The zero-order valence-electron chi connectivity index (χ0n) is 15.6. The fourth-order valence-electron chi connectivity index (χ4n) is 3.69. The predicted molar refractivity (Wildman–Crippen MR) is 94.1 cm³/mol. The van der Waals surface area contributed by atoms with E-state index in [1.165, 1.54) is 0 Å². The molecule has 2 aliphatic heterocycles. The van der Waals surface area contributed by atoms with Crippen LogP contribution < -0.4 is 0 Å². The van der Waals surface area contributed by atoms with E-state index >= 15 is 0 Å². The number of ether oxygens (including phenoxy) is 2. The lowest BCUT2D eigenvalue weighted by Crippen LogP contribution is -2.45. The minimum absolute atomic E-state index is 0.152. The largest absolute Gasteiger partial charge is 0.465 e. The monoisotopic (exact) mass is 336 g/mol. The van der Waals surface area contributed by atoms with Gasteiger partial charge in [-0.1, -0.05) is 0 Å². The third-order valence-corrected chi connectivity index (χ3v) is 5.32. The van der Waals surface area contributed by atoms with E-state index in [-0.39, 0.29) is 5.60 Å². The molecule has 0 N–H and O–H groups in total. The van der Waals surface area contributed by atoms with Crippen LogP contribution >= 0.6 is 0 Å². The predicted octanol–water partition coefficient (Wildman–Crippen LogP) is 2.68. The van der Waals surface area contributed by atoms with Gasteiger partial charge in [0.2, 0.25) is 0 Å². The Bertz CT molecular complexity index is 530. The zero-order valence-corrected chi connectivity index (χ0v) is 15.6. The number of furan rings is 1. The SMILES string of the molecule is Cc1ccc(CN2CCOC[C@@]3(CC[C@@H](CN(C)C(C)C)O3)C2)o1. The first-order chi connectivity index (χ1) is 11.5. The number of hydrogen-bond acceptors (Lipinski definition) is 5. The minimum atomic E-state index is -0.152. The maximum atomic E-state index is 6.52. The molecule has 1 aromatic heterocycles. The highest BCUT2D eigenvalue weighted by Crippen LogP contribution is 2.34. The van der Waals surface area contributed by atoms with E-state index in [0.29, 0.717) is 18.8 Å². The van der Waals surface area contributed by atoms with E-state index < -0.39 is 0 Å². The highest BCUT2D eigenvalue weighted by atomic mass is 16.6. The lowest BCUT2D eigenvalue weighted by atomic mass is 10.00. The first kappa shape index (κ1) is 17.9. The topological polar surface area (TPSA) is 38.1 Å². The molecular weight excluding hydrogens is 304 g/mol. The normalized spacial score (nSPS) is 29.0. The average Bonchev–Trinajstić information content (AvgIpc) is 3.04. The summed E-state index contributed by atoms with van der Waals surface area (Å²) in [4.78, 5) is 4.78. The van der Waals surface area contributed by atoms with Gasteiger partial charge in [0, 0.05) is 25.7 Å². The quantitative estimate of drug-likeness (QED) is 0.826. The van der Waals surface area contributed by atoms with Gasteiger partial charge in [0.15, 0.2) is 0 Å². The molecule has 24 heavy (non-hydrogen) atoms. The Morgan fingerprint density at radius 2 is 2.21 bits per heavy atom. The highest BCUT2D eigenvalue weighted by Gasteiger charge is 2.43. The minimum Gasteiger partial charge on any atom is -0.465 e. The Labute approximate surface area is 145 Å². The van der Waals surface area contributed by atoms with Crippen LogP contribution in [0.2, 0.25) is 0 Å². The molecule has 3 rings (SSSR count). The van der Waals surface area contributed by atoms with Gasteiger partial charge in [-0.15, -0.1) is 0 Å². The first-order valence-corrected chi connectivity index (χ1v) is 9.19. The van der Waals surface area contributed by atoms with Crippen LogP contribution in [0.4, 0.5) is 0 Å². The van der Waals surface area contributed by atoms with Crippen LogP contribution in [0, 0.1) is 6.92 Å². The Hall–Kier alpha value is -0.880. The average molecular weight is 336 g/mol. The van der Waals surface area contributed by atoms with Crippen molar-refractivity contribution in [1.82, 2.24) is 9.80 Å². The standard InChI is InChI=1S/C19H32N2O3/c1-15(2)20(4)11-18-7-8-19(24-18)13-21(9-10-22-14-19)12-17-6-5-16(3)23-17/h5-6,15,18H,7-14H2,1-4H3/t18-,19+/m0/s1. The molecule has 136 valence electrons. The van der Waals surface area contributed by atoms with Crippen LogP contribution in [-0.2, 0) is 16.0 Å². The molecule has 5 nitrogen and oxygen atoms in total. The second kappa shape index (κ2) is 7.56. The van der Waals surface area contributed by atoms with Gasteiger partial charge in [-0.2, -0.15) is 0 Å². The third-order valence-electron chi connectivity index (χ3n) is 5.32. The van der Waals surface area contributed by atoms with Crippen molar-refractivity contribution in [2.24, 2.45) is 0 Å². The van der Waals surface area contributed by atoms with Crippen LogP contribution in [0.5, 0.6) is 0 Å². The molecule has 0 amide bonds. The summed E-state index contributed by atoms with van der Waals surface area (Å²) in [6.45, 7) is 11.6. The van der Waals surface area contributed by atoms with Crippen LogP contribution in [0.1, 0.15) is 38.2 Å². The smallest absolute Gasteiger partial charge is 0.118 e. The Balaban J connectivity index is 1.60. The fraction of sp³-hybridized carbons (Fsp3) is 0.789. The third kappa shape index (κ3) is 4.39. The Kier molecular flexibility index (Phi) is 5.65. The van der Waals surface area contributed by atoms with Gasteiger partial charge in [0.05, 0.1) is 25.9 Å². The molecular formula is C19H32N2O3. The lowest BCUT2D eigenvalue weighted by Gasteiger charge is -2.32. The summed E-state index contributed by atoms with van der Waals surface area (Å²) in [5, 5.41) is 0. The molecule has 0 aliphatic carbocycles. The van der Waals surface area contributed by atoms with Gasteiger partial charge in [-0.05, 0) is 52.8 Å². The van der Waals surface area contributed by atoms with Crippen molar-refractivity contribution in [2.45, 2.75) is 57.9 Å². The second-order valence-corrected chi connectivity index (χ2v) is 7.77. The van der Waals surface area contributed by atoms with E-state index in [1.54, 1.807) is 0 Å². The molecule has 2 saturated heterocycles. The summed E-state index contributed by atoms with van der Waals surface area (Å²) < 4.78 is 18.2. The summed E-state index contributed by atoms with van der Waals surface area (Å²) in [7, 11) is 2.17. The molecule has 1 aromatic rings. The molecule has 0 unspecified atom stereocenters. The van der Waals surface area contributed by atoms with Crippen LogP contribution in [0.3, 0.4) is 0 Å². The second-order valence-electron chi connectivity index (χ2n) is 7.77. The Morgan fingerprint density at radius 3 is 2.92 bits per heavy atom. The van der Waals surface area contributed by atoms with Crippen molar-refractivity contribution < 1.29 is 13.9 Å². The van der Waals surface area contributed by atoms with E-state index in [1.807, 2.05) is 13.0 Å². The van der Waals surface area contributed by atoms with E-state index in [2.05, 4.69) is 36.8 Å². The van der Waals surface area contributed by atoms with Gasteiger partial charge in [0.1, 0.15) is 17.1 Å². The van der Waals surface area contributed by atoms with E-state index in [4.69, 9.17) is 13.9 Å². The lowest BCUT2D eigenvalue weighted by molar-refractivity contribution is -0.0927. The van der Waals surface area contributed by atoms with Gasteiger partial charge < -0.3 is 18.8 Å². The number of hydrogen-bond donors (Lipinski definition) is 0.